The highest BCUT2D eigenvalue weighted by Gasteiger charge is 2.17. The van der Waals surface area contributed by atoms with Gasteiger partial charge in [-0.05, 0) is 18.6 Å². The van der Waals surface area contributed by atoms with E-state index in [9.17, 15) is 0 Å². The fraction of sp³-hybridized carbons (Fsp3) is 0.231. The first kappa shape index (κ1) is 12.6. The van der Waals surface area contributed by atoms with Crippen LogP contribution in [0.4, 0.5) is 11.5 Å². The normalized spacial score (nSPS) is 12.2. The molecule has 0 aliphatic carbocycles. The van der Waals surface area contributed by atoms with Gasteiger partial charge in [0.1, 0.15) is 6.33 Å². The molecule has 1 unspecified atom stereocenters. The monoisotopic (exact) mass is 262 g/mol. The smallest absolute Gasteiger partial charge is 0.155 e. The molecule has 1 atom stereocenters. The van der Waals surface area contributed by atoms with Gasteiger partial charge in [-0.15, -0.1) is 0 Å². The van der Waals surface area contributed by atoms with Gasteiger partial charge in [-0.1, -0.05) is 29.8 Å². The van der Waals surface area contributed by atoms with E-state index in [0.29, 0.717) is 11.5 Å². The maximum atomic E-state index is 6.20. The van der Waals surface area contributed by atoms with Crippen molar-refractivity contribution < 1.29 is 0 Å². The van der Waals surface area contributed by atoms with Crippen molar-refractivity contribution in [2.45, 2.75) is 13.0 Å². The lowest BCUT2D eigenvalue weighted by molar-refractivity contribution is 0.728. The number of nitrogens with two attached hydrogens (primary N) is 1. The summed E-state index contributed by atoms with van der Waals surface area (Å²) in [4.78, 5) is 10.1. The second kappa shape index (κ2) is 5.23. The summed E-state index contributed by atoms with van der Waals surface area (Å²) in [6.45, 7) is 2.06. The van der Waals surface area contributed by atoms with Crippen molar-refractivity contribution in [3.05, 3.63) is 47.4 Å². The van der Waals surface area contributed by atoms with Gasteiger partial charge in [0, 0.05) is 12.1 Å². The molecule has 18 heavy (non-hydrogen) atoms. The van der Waals surface area contributed by atoms with Crippen LogP contribution in [0, 0.1) is 0 Å². The summed E-state index contributed by atoms with van der Waals surface area (Å²) in [6.07, 6.45) is 3.08. The number of rotatable bonds is 3. The highest BCUT2D eigenvalue weighted by Crippen LogP contribution is 2.30. The molecule has 0 bridgehead atoms. The predicted molar refractivity (Wildman–Crippen MR) is 74.7 cm³/mol. The van der Waals surface area contributed by atoms with Gasteiger partial charge in [-0.3, -0.25) is 0 Å². The van der Waals surface area contributed by atoms with E-state index >= 15 is 0 Å². The Hall–Kier alpha value is -1.81. The Balaban J connectivity index is 2.33. The fourth-order valence-electron chi connectivity index (χ4n) is 1.83. The van der Waals surface area contributed by atoms with Crippen molar-refractivity contribution in [2.24, 2.45) is 0 Å². The molecule has 94 valence electrons. The summed E-state index contributed by atoms with van der Waals surface area (Å²) in [5.74, 6) is 0.706. The van der Waals surface area contributed by atoms with Crippen LogP contribution in [-0.2, 0) is 0 Å². The van der Waals surface area contributed by atoms with Gasteiger partial charge in [0.2, 0.25) is 0 Å². The SMILES string of the molecule is CC(c1ccccc1Cl)N(C)c1ncncc1N. The molecule has 0 aliphatic heterocycles. The summed E-state index contributed by atoms with van der Waals surface area (Å²) in [6, 6.07) is 7.84. The second-order valence-electron chi connectivity index (χ2n) is 4.11. The summed E-state index contributed by atoms with van der Waals surface area (Å²) < 4.78 is 0. The molecular weight excluding hydrogens is 248 g/mol. The molecule has 0 fully saturated rings. The number of nitrogen functional groups attached to an aromatic ring is 1. The first-order valence-corrected chi connectivity index (χ1v) is 6.01. The van der Waals surface area contributed by atoms with Gasteiger partial charge in [0.05, 0.1) is 17.9 Å². The van der Waals surface area contributed by atoms with Gasteiger partial charge < -0.3 is 10.6 Å². The average molecular weight is 263 g/mol. The molecule has 0 radical (unpaired) electrons. The lowest BCUT2D eigenvalue weighted by Crippen LogP contribution is -2.24. The average Bonchev–Trinajstić information content (AvgIpc) is 2.38. The van der Waals surface area contributed by atoms with E-state index in [1.807, 2.05) is 36.2 Å². The quantitative estimate of drug-likeness (QED) is 0.924. The van der Waals surface area contributed by atoms with E-state index in [4.69, 9.17) is 17.3 Å². The summed E-state index contributed by atoms with van der Waals surface area (Å²) in [5.41, 5.74) is 7.47. The Morgan fingerprint density at radius 3 is 2.72 bits per heavy atom. The Kier molecular flexibility index (Phi) is 3.67. The van der Waals surface area contributed by atoms with Gasteiger partial charge in [0.25, 0.3) is 0 Å². The minimum atomic E-state index is 0.0795. The molecule has 5 heteroatoms. The molecule has 2 N–H and O–H groups in total. The number of nitrogens with zero attached hydrogens (tertiary/aromatic N) is 3. The van der Waals surface area contributed by atoms with Crippen LogP contribution >= 0.6 is 11.6 Å². The third kappa shape index (κ3) is 2.38. The van der Waals surface area contributed by atoms with Crippen LogP contribution in [0.2, 0.25) is 5.02 Å². The molecule has 1 aromatic carbocycles. The molecule has 0 amide bonds. The van der Waals surface area contributed by atoms with Gasteiger partial charge in [0.15, 0.2) is 5.82 Å². The Morgan fingerprint density at radius 1 is 1.33 bits per heavy atom. The van der Waals surface area contributed by atoms with Crippen LogP contribution < -0.4 is 10.6 Å². The molecule has 0 spiro atoms. The fourth-order valence-corrected chi connectivity index (χ4v) is 2.13. The van der Waals surface area contributed by atoms with Crippen molar-refractivity contribution in [3.8, 4) is 0 Å². The van der Waals surface area contributed by atoms with Crippen molar-refractivity contribution in [2.75, 3.05) is 17.7 Å². The maximum absolute atomic E-state index is 6.20. The molecule has 0 aliphatic rings. The maximum Gasteiger partial charge on any atom is 0.155 e. The summed E-state index contributed by atoms with van der Waals surface area (Å²) >= 11 is 6.20. The summed E-state index contributed by atoms with van der Waals surface area (Å²) in [7, 11) is 1.94. The molecule has 0 saturated carbocycles. The number of benzene rings is 1. The van der Waals surface area contributed by atoms with Gasteiger partial charge in [-0.25, -0.2) is 9.97 Å². The van der Waals surface area contributed by atoms with Crippen LogP contribution in [0.5, 0.6) is 0 Å². The van der Waals surface area contributed by atoms with Crippen molar-refractivity contribution in [1.29, 1.82) is 0 Å². The predicted octanol–water partition coefficient (Wildman–Crippen LogP) is 2.91. The van der Waals surface area contributed by atoms with Crippen molar-refractivity contribution in [1.82, 2.24) is 9.97 Å². The van der Waals surface area contributed by atoms with E-state index in [2.05, 4.69) is 16.9 Å². The third-order valence-electron chi connectivity index (χ3n) is 2.99. The zero-order chi connectivity index (χ0) is 13.1. The lowest BCUT2D eigenvalue weighted by atomic mass is 10.1. The molecule has 4 nitrogen and oxygen atoms in total. The van der Waals surface area contributed by atoms with Crippen LogP contribution in [0.15, 0.2) is 36.8 Å². The van der Waals surface area contributed by atoms with E-state index in [-0.39, 0.29) is 6.04 Å². The number of hydrogen-bond acceptors (Lipinski definition) is 4. The Morgan fingerprint density at radius 2 is 2.06 bits per heavy atom. The molecule has 2 rings (SSSR count). The van der Waals surface area contributed by atoms with Crippen molar-refractivity contribution >= 4 is 23.1 Å². The Labute approximate surface area is 111 Å². The first-order chi connectivity index (χ1) is 8.61. The van der Waals surface area contributed by atoms with Gasteiger partial charge >= 0.3 is 0 Å². The Bertz CT molecular complexity index is 495. The standard InChI is InChI=1S/C13H15ClN4/c1-9(10-5-3-4-6-11(10)14)18(2)13-12(15)7-16-8-17-13/h3-9H,15H2,1-2H3. The van der Waals surface area contributed by atoms with Crippen molar-refractivity contribution in [3.63, 3.8) is 0 Å². The van der Waals surface area contributed by atoms with Gasteiger partial charge in [-0.2, -0.15) is 0 Å². The summed E-state index contributed by atoms with van der Waals surface area (Å²) in [5, 5.41) is 0.740. The van der Waals surface area contributed by atoms with E-state index in [0.717, 1.165) is 10.6 Å². The van der Waals surface area contributed by atoms with E-state index in [1.165, 1.54) is 6.33 Å². The van der Waals surface area contributed by atoms with E-state index < -0.39 is 0 Å². The van der Waals surface area contributed by atoms with E-state index in [1.54, 1.807) is 6.20 Å². The lowest BCUT2D eigenvalue weighted by Gasteiger charge is -2.27. The molecule has 0 saturated heterocycles. The third-order valence-corrected chi connectivity index (χ3v) is 3.33. The minimum Gasteiger partial charge on any atom is -0.394 e. The molecule has 1 aromatic heterocycles. The van der Waals surface area contributed by atoms with Crippen LogP contribution in [0.3, 0.4) is 0 Å². The minimum absolute atomic E-state index is 0.0795. The number of anilines is 2. The largest absolute Gasteiger partial charge is 0.394 e. The molecule has 1 heterocycles. The topological polar surface area (TPSA) is 55.0 Å². The molecule has 2 aromatic rings. The zero-order valence-electron chi connectivity index (χ0n) is 10.3. The first-order valence-electron chi connectivity index (χ1n) is 5.64. The number of halogens is 1. The van der Waals surface area contributed by atoms with Crippen LogP contribution in [0.25, 0.3) is 0 Å². The zero-order valence-corrected chi connectivity index (χ0v) is 11.1. The number of aromatic nitrogens is 2. The van der Waals surface area contributed by atoms with Crippen LogP contribution in [-0.4, -0.2) is 17.0 Å². The molecular formula is C13H15ClN4. The number of hydrogen-bond donors (Lipinski definition) is 1. The highest BCUT2D eigenvalue weighted by atomic mass is 35.5. The second-order valence-corrected chi connectivity index (χ2v) is 4.52. The highest BCUT2D eigenvalue weighted by molar-refractivity contribution is 6.31. The van der Waals surface area contributed by atoms with Crippen LogP contribution in [0.1, 0.15) is 18.5 Å².